The average molecular weight is 274 g/mol. The van der Waals surface area contributed by atoms with E-state index in [1.165, 1.54) is 12.8 Å². The summed E-state index contributed by atoms with van der Waals surface area (Å²) in [5.41, 5.74) is 0.949. The van der Waals surface area contributed by atoms with Crippen LogP contribution in [0.2, 0.25) is 5.02 Å². The van der Waals surface area contributed by atoms with Crippen LogP contribution in [0.3, 0.4) is 0 Å². The second-order valence-corrected chi connectivity index (χ2v) is 5.19. The Morgan fingerprint density at radius 3 is 2.68 bits per heavy atom. The van der Waals surface area contributed by atoms with Gasteiger partial charge in [-0.2, -0.15) is 0 Å². The predicted octanol–water partition coefficient (Wildman–Crippen LogP) is 3.23. The number of benzene rings is 1. The number of carbonyl (C=O) groups excluding carboxylic acids is 1. The smallest absolute Gasteiger partial charge is 0.247 e. The number of halogens is 1. The number of carbonyl (C=O) groups is 1. The molecule has 2 rings (SSSR count). The van der Waals surface area contributed by atoms with Gasteiger partial charge in [0.15, 0.2) is 0 Å². The van der Waals surface area contributed by atoms with Gasteiger partial charge < -0.3 is 4.90 Å². The number of terminal acetylenes is 1. The topological polar surface area (TPSA) is 20.3 Å². The van der Waals surface area contributed by atoms with Gasteiger partial charge in [-0.25, -0.2) is 0 Å². The molecule has 0 bridgehead atoms. The quantitative estimate of drug-likeness (QED) is 0.596. The van der Waals surface area contributed by atoms with Gasteiger partial charge in [-0.3, -0.25) is 4.79 Å². The van der Waals surface area contributed by atoms with E-state index in [0.29, 0.717) is 17.5 Å². The number of rotatable bonds is 5. The van der Waals surface area contributed by atoms with Crippen molar-refractivity contribution in [1.82, 2.24) is 4.90 Å². The summed E-state index contributed by atoms with van der Waals surface area (Å²) in [5.74, 6) is 3.15. The average Bonchev–Trinajstić information content (AvgIpc) is 3.21. The minimum Gasteiger partial charge on any atom is -0.328 e. The van der Waals surface area contributed by atoms with Crippen molar-refractivity contribution in [2.24, 2.45) is 5.92 Å². The van der Waals surface area contributed by atoms with Gasteiger partial charge in [-0.05, 0) is 42.5 Å². The van der Waals surface area contributed by atoms with Crippen molar-refractivity contribution < 1.29 is 4.79 Å². The number of amides is 1. The second-order valence-electron chi connectivity index (χ2n) is 4.75. The van der Waals surface area contributed by atoms with Crippen molar-refractivity contribution in [1.29, 1.82) is 0 Å². The molecule has 1 amide bonds. The summed E-state index contributed by atoms with van der Waals surface area (Å²) in [5, 5.41) is 0.686. The molecule has 2 nitrogen and oxygen atoms in total. The van der Waals surface area contributed by atoms with E-state index in [4.69, 9.17) is 18.0 Å². The number of nitrogens with zero attached hydrogens (tertiary/aromatic N) is 1. The molecule has 0 aliphatic heterocycles. The Balaban J connectivity index is 1.97. The first-order chi connectivity index (χ1) is 9.19. The highest BCUT2D eigenvalue weighted by Gasteiger charge is 2.25. The molecular weight excluding hydrogens is 258 g/mol. The Labute approximate surface area is 119 Å². The molecule has 0 atom stereocenters. The Hall–Kier alpha value is -1.72. The molecular formula is C16H16ClNO. The van der Waals surface area contributed by atoms with E-state index in [2.05, 4.69) is 5.92 Å². The molecule has 0 spiro atoms. The highest BCUT2D eigenvalue weighted by atomic mass is 35.5. The standard InChI is InChI=1S/C16H16ClNO/c1-2-11-18(12-14-3-4-14)16(19)10-7-13-5-8-15(17)9-6-13/h1,5-10,14H,3-4,11-12H2/b10-7+. The van der Waals surface area contributed by atoms with E-state index in [-0.39, 0.29) is 5.91 Å². The van der Waals surface area contributed by atoms with Gasteiger partial charge in [0.25, 0.3) is 0 Å². The van der Waals surface area contributed by atoms with Crippen LogP contribution in [-0.2, 0) is 4.79 Å². The number of hydrogen-bond donors (Lipinski definition) is 0. The van der Waals surface area contributed by atoms with Crippen molar-refractivity contribution in [3.63, 3.8) is 0 Å². The van der Waals surface area contributed by atoms with E-state index in [1.54, 1.807) is 29.2 Å². The molecule has 0 radical (unpaired) electrons. The summed E-state index contributed by atoms with van der Waals surface area (Å²) in [4.78, 5) is 13.8. The molecule has 1 saturated carbocycles. The summed E-state index contributed by atoms with van der Waals surface area (Å²) in [6, 6.07) is 7.35. The minimum atomic E-state index is -0.0280. The lowest BCUT2D eigenvalue weighted by Gasteiger charge is -2.17. The lowest BCUT2D eigenvalue weighted by atomic mass is 10.2. The zero-order valence-electron chi connectivity index (χ0n) is 10.7. The van der Waals surface area contributed by atoms with Gasteiger partial charge >= 0.3 is 0 Å². The maximum Gasteiger partial charge on any atom is 0.247 e. The second kappa shape index (κ2) is 6.45. The molecule has 1 aromatic carbocycles. The normalized spacial score (nSPS) is 14.3. The van der Waals surface area contributed by atoms with Gasteiger partial charge in [-0.1, -0.05) is 29.7 Å². The van der Waals surface area contributed by atoms with Crippen LogP contribution in [0, 0.1) is 18.3 Å². The van der Waals surface area contributed by atoms with Crippen LogP contribution >= 0.6 is 11.6 Å². The molecule has 1 aromatic rings. The summed E-state index contributed by atoms with van der Waals surface area (Å²) in [6.45, 7) is 1.15. The van der Waals surface area contributed by atoms with E-state index in [1.807, 2.05) is 12.1 Å². The van der Waals surface area contributed by atoms with Crippen molar-refractivity contribution in [3.05, 3.63) is 40.9 Å². The molecule has 0 aromatic heterocycles. The predicted molar refractivity (Wildman–Crippen MR) is 78.6 cm³/mol. The summed E-state index contributed by atoms with van der Waals surface area (Å²) in [6.07, 6.45) is 11.1. The first kappa shape index (κ1) is 13.7. The number of hydrogen-bond acceptors (Lipinski definition) is 1. The van der Waals surface area contributed by atoms with Gasteiger partial charge in [0.2, 0.25) is 5.91 Å². The molecule has 1 aliphatic rings. The molecule has 0 heterocycles. The van der Waals surface area contributed by atoms with Gasteiger partial charge in [-0.15, -0.1) is 6.42 Å². The SMILES string of the molecule is C#CCN(CC1CC1)C(=O)/C=C/c1ccc(Cl)cc1. The molecule has 0 saturated heterocycles. The van der Waals surface area contributed by atoms with Gasteiger partial charge in [0.05, 0.1) is 6.54 Å². The van der Waals surface area contributed by atoms with Crippen molar-refractivity contribution >= 4 is 23.6 Å². The minimum absolute atomic E-state index is 0.0280. The van der Waals surface area contributed by atoms with Gasteiger partial charge in [0, 0.05) is 17.6 Å². The summed E-state index contributed by atoms with van der Waals surface area (Å²) >= 11 is 5.81. The lowest BCUT2D eigenvalue weighted by Crippen LogP contribution is -2.31. The van der Waals surface area contributed by atoms with Crippen molar-refractivity contribution in [2.75, 3.05) is 13.1 Å². The molecule has 0 unspecified atom stereocenters. The molecule has 0 N–H and O–H groups in total. The van der Waals surface area contributed by atoms with Gasteiger partial charge in [0.1, 0.15) is 0 Å². The van der Waals surface area contributed by atoms with Crippen LogP contribution < -0.4 is 0 Å². The van der Waals surface area contributed by atoms with Crippen LogP contribution in [0.25, 0.3) is 6.08 Å². The van der Waals surface area contributed by atoms with Crippen molar-refractivity contribution in [3.8, 4) is 12.3 Å². The Bertz CT molecular complexity index is 509. The van der Waals surface area contributed by atoms with Crippen LogP contribution in [-0.4, -0.2) is 23.9 Å². The zero-order valence-corrected chi connectivity index (χ0v) is 11.4. The Morgan fingerprint density at radius 2 is 2.11 bits per heavy atom. The van der Waals surface area contributed by atoms with Crippen LogP contribution in [0.1, 0.15) is 18.4 Å². The Morgan fingerprint density at radius 1 is 1.42 bits per heavy atom. The maximum atomic E-state index is 12.1. The highest BCUT2D eigenvalue weighted by Crippen LogP contribution is 2.29. The largest absolute Gasteiger partial charge is 0.328 e. The molecule has 1 fully saturated rings. The molecule has 1 aliphatic carbocycles. The fourth-order valence-electron chi connectivity index (χ4n) is 1.80. The van der Waals surface area contributed by atoms with Crippen LogP contribution in [0.15, 0.2) is 30.3 Å². The third-order valence-corrected chi connectivity index (χ3v) is 3.31. The molecule has 98 valence electrons. The fourth-order valence-corrected chi connectivity index (χ4v) is 1.93. The highest BCUT2D eigenvalue weighted by molar-refractivity contribution is 6.30. The lowest BCUT2D eigenvalue weighted by molar-refractivity contribution is -0.125. The van der Waals surface area contributed by atoms with Crippen molar-refractivity contribution in [2.45, 2.75) is 12.8 Å². The van der Waals surface area contributed by atoms with E-state index < -0.39 is 0 Å². The molecule has 3 heteroatoms. The summed E-state index contributed by atoms with van der Waals surface area (Å²) in [7, 11) is 0. The van der Waals surface area contributed by atoms with Crippen LogP contribution in [0.4, 0.5) is 0 Å². The third kappa shape index (κ3) is 4.46. The van der Waals surface area contributed by atoms with Crippen LogP contribution in [0.5, 0.6) is 0 Å². The first-order valence-electron chi connectivity index (χ1n) is 6.35. The zero-order chi connectivity index (χ0) is 13.7. The molecule has 19 heavy (non-hydrogen) atoms. The third-order valence-electron chi connectivity index (χ3n) is 3.06. The first-order valence-corrected chi connectivity index (χ1v) is 6.73. The van der Waals surface area contributed by atoms with E-state index in [9.17, 15) is 4.79 Å². The fraction of sp³-hybridized carbons (Fsp3) is 0.312. The Kier molecular flexibility index (Phi) is 4.65. The monoisotopic (exact) mass is 273 g/mol. The summed E-state index contributed by atoms with van der Waals surface area (Å²) < 4.78 is 0. The van der Waals surface area contributed by atoms with E-state index in [0.717, 1.165) is 12.1 Å². The van der Waals surface area contributed by atoms with E-state index >= 15 is 0 Å². The maximum absolute atomic E-state index is 12.1.